The predicted molar refractivity (Wildman–Crippen MR) is 66.1 cm³/mol. The van der Waals surface area contributed by atoms with E-state index in [-0.39, 0.29) is 0 Å². The maximum absolute atomic E-state index is 8.72. The summed E-state index contributed by atoms with van der Waals surface area (Å²) < 4.78 is 0. The average Bonchev–Trinajstić information content (AvgIpc) is 2.22. The first-order chi connectivity index (χ1) is 6.85. The van der Waals surface area contributed by atoms with Crippen LogP contribution in [0, 0.1) is 0 Å². The van der Waals surface area contributed by atoms with E-state index in [0.717, 1.165) is 25.3 Å². The fourth-order valence-corrected chi connectivity index (χ4v) is 1.75. The van der Waals surface area contributed by atoms with Gasteiger partial charge in [0.25, 0.3) is 0 Å². The molecule has 0 atom stereocenters. The molecule has 0 aliphatic carbocycles. The van der Waals surface area contributed by atoms with Crippen LogP contribution in [0.4, 0.5) is 0 Å². The van der Waals surface area contributed by atoms with Gasteiger partial charge >= 0.3 is 0 Å². The SMILES string of the molecule is CCN(CCCO)CCCCCCS. The third kappa shape index (κ3) is 8.85. The van der Waals surface area contributed by atoms with Crippen molar-refractivity contribution in [2.75, 3.05) is 32.0 Å². The van der Waals surface area contributed by atoms with Crippen molar-refractivity contribution in [1.82, 2.24) is 4.90 Å². The van der Waals surface area contributed by atoms with Crippen LogP contribution in [0.5, 0.6) is 0 Å². The first-order valence-corrected chi connectivity index (χ1v) is 6.42. The van der Waals surface area contributed by atoms with Crippen LogP contribution < -0.4 is 0 Å². The molecular weight excluding hydrogens is 194 g/mol. The maximum Gasteiger partial charge on any atom is 0.0443 e. The molecule has 0 aromatic heterocycles. The highest BCUT2D eigenvalue weighted by Crippen LogP contribution is 2.03. The second-order valence-corrected chi connectivity index (χ2v) is 4.10. The van der Waals surface area contributed by atoms with E-state index in [2.05, 4.69) is 24.5 Å². The zero-order valence-corrected chi connectivity index (χ0v) is 10.3. The lowest BCUT2D eigenvalue weighted by Crippen LogP contribution is -2.26. The molecule has 0 aromatic rings. The fourth-order valence-electron chi connectivity index (χ4n) is 1.52. The monoisotopic (exact) mass is 219 g/mol. The maximum atomic E-state index is 8.72. The Labute approximate surface area is 94.1 Å². The molecule has 0 spiro atoms. The number of nitrogens with zero attached hydrogens (tertiary/aromatic N) is 1. The van der Waals surface area contributed by atoms with E-state index in [1.807, 2.05) is 0 Å². The van der Waals surface area contributed by atoms with Gasteiger partial charge in [0.05, 0.1) is 0 Å². The Kier molecular flexibility index (Phi) is 11.6. The van der Waals surface area contributed by atoms with Crippen molar-refractivity contribution in [1.29, 1.82) is 0 Å². The van der Waals surface area contributed by atoms with E-state index in [0.29, 0.717) is 6.61 Å². The summed E-state index contributed by atoms with van der Waals surface area (Å²) in [6, 6.07) is 0. The summed E-state index contributed by atoms with van der Waals surface area (Å²) in [6.45, 7) is 5.83. The van der Waals surface area contributed by atoms with E-state index in [9.17, 15) is 0 Å². The Hall–Kier alpha value is 0.270. The van der Waals surface area contributed by atoms with Crippen LogP contribution in [0.3, 0.4) is 0 Å². The number of unbranched alkanes of at least 4 members (excludes halogenated alkanes) is 3. The smallest absolute Gasteiger partial charge is 0.0443 e. The second kappa shape index (κ2) is 11.3. The summed E-state index contributed by atoms with van der Waals surface area (Å²) in [5.74, 6) is 1.02. The number of aliphatic hydroxyl groups excluding tert-OH is 1. The lowest BCUT2D eigenvalue weighted by atomic mass is 10.2. The minimum absolute atomic E-state index is 0.316. The van der Waals surface area contributed by atoms with Crippen molar-refractivity contribution in [3.8, 4) is 0 Å². The second-order valence-electron chi connectivity index (χ2n) is 3.65. The molecule has 0 fully saturated rings. The Morgan fingerprint density at radius 1 is 1.00 bits per heavy atom. The lowest BCUT2D eigenvalue weighted by Gasteiger charge is -2.19. The lowest BCUT2D eigenvalue weighted by molar-refractivity contribution is 0.227. The van der Waals surface area contributed by atoms with Crippen molar-refractivity contribution in [2.45, 2.75) is 39.0 Å². The normalized spacial score (nSPS) is 11.1. The van der Waals surface area contributed by atoms with Gasteiger partial charge in [-0.25, -0.2) is 0 Å². The van der Waals surface area contributed by atoms with Gasteiger partial charge in [-0.15, -0.1) is 0 Å². The fraction of sp³-hybridized carbons (Fsp3) is 1.00. The van der Waals surface area contributed by atoms with E-state index in [4.69, 9.17) is 5.11 Å². The van der Waals surface area contributed by atoms with Crippen LogP contribution in [0.15, 0.2) is 0 Å². The third-order valence-corrected chi connectivity index (χ3v) is 2.78. The first-order valence-electron chi connectivity index (χ1n) is 5.79. The Morgan fingerprint density at radius 3 is 2.21 bits per heavy atom. The van der Waals surface area contributed by atoms with Gasteiger partial charge in [-0.3, -0.25) is 0 Å². The summed E-state index contributed by atoms with van der Waals surface area (Å²) in [5, 5.41) is 8.72. The first kappa shape index (κ1) is 14.3. The summed E-state index contributed by atoms with van der Waals surface area (Å²) in [5.41, 5.74) is 0. The summed E-state index contributed by atoms with van der Waals surface area (Å²) in [7, 11) is 0. The molecule has 0 aliphatic heterocycles. The zero-order valence-electron chi connectivity index (χ0n) is 9.41. The predicted octanol–water partition coefficient (Wildman–Crippen LogP) is 2.18. The number of hydrogen-bond donors (Lipinski definition) is 2. The third-order valence-electron chi connectivity index (χ3n) is 2.46. The van der Waals surface area contributed by atoms with Crippen molar-refractivity contribution >= 4 is 12.6 Å². The van der Waals surface area contributed by atoms with Gasteiger partial charge in [0.15, 0.2) is 0 Å². The van der Waals surface area contributed by atoms with E-state index >= 15 is 0 Å². The Morgan fingerprint density at radius 2 is 1.64 bits per heavy atom. The van der Waals surface area contributed by atoms with Crippen LogP contribution in [-0.4, -0.2) is 42.0 Å². The highest BCUT2D eigenvalue weighted by atomic mass is 32.1. The summed E-state index contributed by atoms with van der Waals surface area (Å²) in [6.07, 6.45) is 6.06. The van der Waals surface area contributed by atoms with Crippen molar-refractivity contribution in [3.05, 3.63) is 0 Å². The minimum atomic E-state index is 0.316. The van der Waals surface area contributed by atoms with Gasteiger partial charge in [-0.2, -0.15) is 12.6 Å². The van der Waals surface area contributed by atoms with Crippen LogP contribution in [-0.2, 0) is 0 Å². The summed E-state index contributed by atoms with van der Waals surface area (Å²) >= 11 is 4.19. The molecular formula is C11H25NOS. The topological polar surface area (TPSA) is 23.5 Å². The standard InChI is InChI=1S/C11H25NOS/c1-2-12(9-7-10-13)8-5-3-4-6-11-14/h13-14H,2-11H2,1H3. The Bertz CT molecular complexity index is 111. The van der Waals surface area contributed by atoms with Gasteiger partial charge in [-0.05, 0) is 38.1 Å². The Balaban J connectivity index is 3.24. The molecule has 0 bridgehead atoms. The number of hydrogen-bond acceptors (Lipinski definition) is 3. The molecule has 3 heteroatoms. The van der Waals surface area contributed by atoms with Gasteiger partial charge in [0.2, 0.25) is 0 Å². The molecule has 0 aromatic carbocycles. The average molecular weight is 219 g/mol. The molecule has 14 heavy (non-hydrogen) atoms. The molecule has 0 amide bonds. The largest absolute Gasteiger partial charge is 0.396 e. The molecule has 0 rings (SSSR count). The van der Waals surface area contributed by atoms with Gasteiger partial charge < -0.3 is 10.0 Å². The van der Waals surface area contributed by atoms with Crippen LogP contribution >= 0.6 is 12.6 Å². The molecule has 2 nitrogen and oxygen atoms in total. The van der Waals surface area contributed by atoms with E-state index in [1.54, 1.807) is 0 Å². The molecule has 0 radical (unpaired) electrons. The highest BCUT2D eigenvalue weighted by molar-refractivity contribution is 7.80. The molecule has 0 heterocycles. The highest BCUT2D eigenvalue weighted by Gasteiger charge is 2.00. The van der Waals surface area contributed by atoms with Crippen LogP contribution in [0.1, 0.15) is 39.0 Å². The molecule has 1 N–H and O–H groups in total. The van der Waals surface area contributed by atoms with Gasteiger partial charge in [0.1, 0.15) is 0 Å². The van der Waals surface area contributed by atoms with Crippen molar-refractivity contribution < 1.29 is 5.11 Å². The number of aliphatic hydroxyl groups is 1. The molecule has 86 valence electrons. The quantitative estimate of drug-likeness (QED) is 0.434. The van der Waals surface area contributed by atoms with Crippen LogP contribution in [0.25, 0.3) is 0 Å². The molecule has 0 saturated carbocycles. The van der Waals surface area contributed by atoms with Crippen molar-refractivity contribution in [3.63, 3.8) is 0 Å². The summed E-state index contributed by atoms with van der Waals surface area (Å²) in [4.78, 5) is 2.41. The van der Waals surface area contributed by atoms with Crippen molar-refractivity contribution in [2.24, 2.45) is 0 Å². The van der Waals surface area contributed by atoms with Crippen LogP contribution in [0.2, 0.25) is 0 Å². The van der Waals surface area contributed by atoms with E-state index in [1.165, 1.54) is 32.2 Å². The molecule has 0 unspecified atom stereocenters. The van der Waals surface area contributed by atoms with E-state index < -0.39 is 0 Å². The number of thiol groups is 1. The zero-order chi connectivity index (χ0) is 10.6. The van der Waals surface area contributed by atoms with Gasteiger partial charge in [0, 0.05) is 13.2 Å². The minimum Gasteiger partial charge on any atom is -0.396 e. The number of rotatable bonds is 10. The molecule has 0 saturated heterocycles. The molecule has 0 aliphatic rings. The van der Waals surface area contributed by atoms with Gasteiger partial charge in [-0.1, -0.05) is 19.8 Å².